The van der Waals surface area contributed by atoms with Gasteiger partial charge in [-0.25, -0.2) is 0 Å². The third kappa shape index (κ3) is 3.50. The number of nitrogens with one attached hydrogen (secondary N) is 1. The van der Waals surface area contributed by atoms with Crippen LogP contribution in [0.2, 0.25) is 0 Å². The van der Waals surface area contributed by atoms with Gasteiger partial charge in [-0.15, -0.1) is 0 Å². The standard InChI is InChI=1S/C20H17F3N2/c1-13(15-7-3-5-9-17(15)20(21,22)23)11-12-14(2)19-16-8-4-6-10-18(16)24-25-19/h3-10H,1-2,11-12H2,(H,24,25). The molecule has 0 saturated heterocycles. The number of benzene rings is 2. The minimum Gasteiger partial charge on any atom is -0.277 e. The molecular weight excluding hydrogens is 325 g/mol. The summed E-state index contributed by atoms with van der Waals surface area (Å²) in [5.74, 6) is 0. The molecule has 1 aromatic heterocycles. The van der Waals surface area contributed by atoms with Crippen LogP contribution in [0.3, 0.4) is 0 Å². The smallest absolute Gasteiger partial charge is 0.277 e. The highest BCUT2D eigenvalue weighted by Crippen LogP contribution is 2.36. The molecule has 0 amide bonds. The molecule has 0 atom stereocenters. The largest absolute Gasteiger partial charge is 0.416 e. The molecule has 0 bridgehead atoms. The van der Waals surface area contributed by atoms with Gasteiger partial charge in [-0.2, -0.15) is 18.3 Å². The Labute approximate surface area is 143 Å². The Bertz CT molecular complexity index is 935. The van der Waals surface area contributed by atoms with Gasteiger partial charge in [0.25, 0.3) is 0 Å². The van der Waals surface area contributed by atoms with Crippen LogP contribution in [0.1, 0.15) is 29.7 Å². The zero-order valence-corrected chi connectivity index (χ0v) is 13.5. The van der Waals surface area contributed by atoms with Crippen molar-refractivity contribution in [1.29, 1.82) is 0 Å². The average molecular weight is 342 g/mol. The molecule has 0 unspecified atom stereocenters. The Balaban J connectivity index is 1.76. The van der Waals surface area contributed by atoms with E-state index in [0.717, 1.165) is 28.2 Å². The molecule has 0 saturated carbocycles. The summed E-state index contributed by atoms with van der Waals surface area (Å²) in [6, 6.07) is 13.2. The molecule has 0 aliphatic rings. The summed E-state index contributed by atoms with van der Waals surface area (Å²) in [4.78, 5) is 0. The monoisotopic (exact) mass is 342 g/mol. The third-order valence-corrected chi connectivity index (χ3v) is 4.15. The van der Waals surface area contributed by atoms with Crippen LogP contribution >= 0.6 is 0 Å². The number of para-hydroxylation sites is 1. The van der Waals surface area contributed by atoms with E-state index < -0.39 is 11.7 Å². The van der Waals surface area contributed by atoms with Crippen LogP contribution in [0.4, 0.5) is 13.2 Å². The predicted octanol–water partition coefficient (Wildman–Crippen LogP) is 6.09. The zero-order chi connectivity index (χ0) is 18.0. The van der Waals surface area contributed by atoms with E-state index in [4.69, 9.17) is 0 Å². The molecule has 128 valence electrons. The number of alkyl halides is 3. The summed E-state index contributed by atoms with van der Waals surface area (Å²) in [5, 5.41) is 8.16. The summed E-state index contributed by atoms with van der Waals surface area (Å²) in [5.41, 5.74) is 2.33. The van der Waals surface area contributed by atoms with Gasteiger partial charge in [0, 0.05) is 5.39 Å². The third-order valence-electron chi connectivity index (χ3n) is 4.15. The molecule has 1 heterocycles. The maximum Gasteiger partial charge on any atom is 0.416 e. The van der Waals surface area contributed by atoms with Gasteiger partial charge in [0.05, 0.1) is 16.8 Å². The van der Waals surface area contributed by atoms with E-state index in [9.17, 15) is 13.2 Å². The summed E-state index contributed by atoms with van der Waals surface area (Å²) < 4.78 is 39.4. The fourth-order valence-corrected chi connectivity index (χ4v) is 2.83. The maximum absolute atomic E-state index is 13.1. The molecule has 5 heteroatoms. The molecule has 2 aromatic carbocycles. The average Bonchev–Trinajstić information content (AvgIpc) is 3.03. The predicted molar refractivity (Wildman–Crippen MR) is 94.8 cm³/mol. The van der Waals surface area contributed by atoms with Crippen LogP contribution < -0.4 is 0 Å². The van der Waals surface area contributed by atoms with Crippen LogP contribution in [0.15, 0.2) is 61.7 Å². The van der Waals surface area contributed by atoms with Gasteiger partial charge in [-0.1, -0.05) is 49.6 Å². The van der Waals surface area contributed by atoms with Crippen molar-refractivity contribution in [2.45, 2.75) is 19.0 Å². The fraction of sp³-hybridized carbons (Fsp3) is 0.150. The van der Waals surface area contributed by atoms with Crippen LogP contribution in [0, 0.1) is 0 Å². The van der Waals surface area contributed by atoms with E-state index in [0.29, 0.717) is 18.4 Å². The second-order valence-corrected chi connectivity index (χ2v) is 5.87. The van der Waals surface area contributed by atoms with Crippen LogP contribution in [0.5, 0.6) is 0 Å². The number of hydrogen-bond acceptors (Lipinski definition) is 1. The van der Waals surface area contributed by atoms with Crippen molar-refractivity contribution in [1.82, 2.24) is 10.2 Å². The number of allylic oxidation sites excluding steroid dienone is 2. The summed E-state index contributed by atoms with van der Waals surface area (Å²) in [6.07, 6.45) is -3.53. The Hall–Kier alpha value is -2.82. The van der Waals surface area contributed by atoms with E-state index in [2.05, 4.69) is 23.4 Å². The Morgan fingerprint density at radius 1 is 0.920 bits per heavy atom. The lowest BCUT2D eigenvalue weighted by atomic mass is 9.94. The number of aromatic nitrogens is 2. The molecular formula is C20H17F3N2. The van der Waals surface area contributed by atoms with E-state index in [-0.39, 0.29) is 5.56 Å². The van der Waals surface area contributed by atoms with Gasteiger partial charge >= 0.3 is 6.18 Å². The van der Waals surface area contributed by atoms with Crippen molar-refractivity contribution >= 4 is 22.0 Å². The minimum absolute atomic E-state index is 0.134. The normalized spacial score (nSPS) is 11.6. The first kappa shape index (κ1) is 17.0. The van der Waals surface area contributed by atoms with Crippen molar-refractivity contribution in [2.24, 2.45) is 0 Å². The maximum atomic E-state index is 13.1. The molecule has 0 aliphatic carbocycles. The van der Waals surface area contributed by atoms with Crippen molar-refractivity contribution in [3.8, 4) is 0 Å². The first-order chi connectivity index (χ1) is 11.9. The second kappa shape index (κ2) is 6.59. The zero-order valence-electron chi connectivity index (χ0n) is 13.5. The number of rotatable bonds is 5. The lowest BCUT2D eigenvalue weighted by Gasteiger charge is -2.14. The van der Waals surface area contributed by atoms with Gasteiger partial charge in [0.1, 0.15) is 0 Å². The molecule has 3 rings (SSSR count). The van der Waals surface area contributed by atoms with Gasteiger partial charge in [-0.3, -0.25) is 5.10 Å². The van der Waals surface area contributed by atoms with Crippen molar-refractivity contribution in [3.63, 3.8) is 0 Å². The SMILES string of the molecule is C=C(CCC(=C)c1n[nH]c2ccccc12)c1ccccc1C(F)(F)F. The molecule has 0 spiro atoms. The summed E-state index contributed by atoms with van der Waals surface area (Å²) >= 11 is 0. The number of aromatic amines is 1. The number of H-pyrrole nitrogens is 1. The highest BCUT2D eigenvalue weighted by atomic mass is 19.4. The van der Waals surface area contributed by atoms with Gasteiger partial charge < -0.3 is 0 Å². The Kier molecular flexibility index (Phi) is 4.49. The molecule has 0 fully saturated rings. The number of hydrogen-bond donors (Lipinski definition) is 1. The van der Waals surface area contributed by atoms with E-state index in [1.807, 2.05) is 24.3 Å². The lowest BCUT2D eigenvalue weighted by Crippen LogP contribution is -2.08. The summed E-state index contributed by atoms with van der Waals surface area (Å²) in [6.45, 7) is 7.88. The van der Waals surface area contributed by atoms with E-state index >= 15 is 0 Å². The topological polar surface area (TPSA) is 28.7 Å². The second-order valence-electron chi connectivity index (χ2n) is 5.87. The highest BCUT2D eigenvalue weighted by Gasteiger charge is 2.33. The molecule has 2 nitrogen and oxygen atoms in total. The van der Waals surface area contributed by atoms with Crippen molar-refractivity contribution < 1.29 is 13.2 Å². The number of halogens is 3. The van der Waals surface area contributed by atoms with Gasteiger partial charge in [-0.05, 0) is 41.7 Å². The fourth-order valence-electron chi connectivity index (χ4n) is 2.83. The quantitative estimate of drug-likeness (QED) is 0.597. The molecule has 1 N–H and O–H groups in total. The number of nitrogens with zero attached hydrogens (tertiary/aromatic N) is 1. The van der Waals surface area contributed by atoms with E-state index in [1.54, 1.807) is 6.07 Å². The number of fused-ring (bicyclic) bond motifs is 1. The first-order valence-electron chi connectivity index (χ1n) is 7.83. The molecule has 3 aromatic rings. The van der Waals surface area contributed by atoms with Gasteiger partial charge in [0.2, 0.25) is 0 Å². The molecule has 0 radical (unpaired) electrons. The van der Waals surface area contributed by atoms with Crippen molar-refractivity contribution in [2.75, 3.05) is 0 Å². The minimum atomic E-state index is -4.39. The summed E-state index contributed by atoms with van der Waals surface area (Å²) in [7, 11) is 0. The van der Waals surface area contributed by atoms with Gasteiger partial charge in [0.15, 0.2) is 0 Å². The Morgan fingerprint density at radius 2 is 1.56 bits per heavy atom. The highest BCUT2D eigenvalue weighted by molar-refractivity contribution is 5.90. The van der Waals surface area contributed by atoms with Crippen LogP contribution in [0.25, 0.3) is 22.0 Å². The van der Waals surface area contributed by atoms with Crippen molar-refractivity contribution in [3.05, 3.63) is 78.5 Å². The Morgan fingerprint density at radius 3 is 2.32 bits per heavy atom. The lowest BCUT2D eigenvalue weighted by molar-refractivity contribution is -0.137. The first-order valence-corrected chi connectivity index (χ1v) is 7.83. The van der Waals surface area contributed by atoms with E-state index in [1.165, 1.54) is 12.1 Å². The van der Waals surface area contributed by atoms with Crippen LogP contribution in [-0.2, 0) is 6.18 Å². The molecule has 0 aliphatic heterocycles. The molecule has 25 heavy (non-hydrogen) atoms. The van der Waals surface area contributed by atoms with Crippen LogP contribution in [-0.4, -0.2) is 10.2 Å².